The van der Waals surface area contributed by atoms with Crippen molar-refractivity contribution in [2.24, 2.45) is 0 Å². The van der Waals surface area contributed by atoms with Gasteiger partial charge in [0.25, 0.3) is 0 Å². The van der Waals surface area contributed by atoms with Gasteiger partial charge in [-0.05, 0) is 38.5 Å². The van der Waals surface area contributed by atoms with Crippen LogP contribution in [-0.4, -0.2) is 29.1 Å². The number of alkyl halides is 3. The molecule has 1 fully saturated rings. The van der Waals surface area contributed by atoms with E-state index in [1.54, 1.807) is 0 Å². The van der Waals surface area contributed by atoms with Gasteiger partial charge in [-0.2, -0.15) is 13.2 Å². The molecule has 0 radical (unpaired) electrons. The third-order valence-electron chi connectivity index (χ3n) is 4.69. The van der Waals surface area contributed by atoms with Gasteiger partial charge in [0.1, 0.15) is 17.5 Å². The Labute approximate surface area is 153 Å². The number of carbonyl (C=O) groups is 1. The molecule has 0 spiro atoms. The number of benzene rings is 1. The number of carbonyl (C=O) groups excluding carboxylic acids is 1. The van der Waals surface area contributed by atoms with Crippen LogP contribution in [0.15, 0.2) is 18.2 Å². The van der Waals surface area contributed by atoms with Gasteiger partial charge >= 0.3 is 6.18 Å². The third kappa shape index (κ3) is 3.99. The van der Waals surface area contributed by atoms with Crippen LogP contribution in [0.1, 0.15) is 43.9 Å². The van der Waals surface area contributed by atoms with Crippen molar-refractivity contribution in [1.82, 2.24) is 4.90 Å². The summed E-state index contributed by atoms with van der Waals surface area (Å²) in [6.07, 6.45) is -5.50. The summed E-state index contributed by atoms with van der Waals surface area (Å²) in [5.41, 5.74) is -2.41. The zero-order valence-electron chi connectivity index (χ0n) is 14.5. The van der Waals surface area contributed by atoms with E-state index in [2.05, 4.69) is 0 Å². The maximum Gasteiger partial charge on any atom is 0.416 e. The molecule has 27 heavy (non-hydrogen) atoms. The molecule has 11 heteroatoms. The van der Waals surface area contributed by atoms with Crippen molar-refractivity contribution in [3.05, 3.63) is 29.3 Å². The van der Waals surface area contributed by atoms with Gasteiger partial charge in [-0.3, -0.25) is 4.79 Å². The molecule has 0 saturated carbocycles. The van der Waals surface area contributed by atoms with E-state index >= 15 is 0 Å². The Balaban J connectivity index is 2.17. The van der Waals surface area contributed by atoms with Crippen LogP contribution in [0.3, 0.4) is 0 Å². The molecule has 1 amide bonds. The molecule has 1 saturated heterocycles. The van der Waals surface area contributed by atoms with Crippen molar-refractivity contribution >= 4 is 13.7 Å². The Bertz CT molecular complexity index is 806. The molecular weight excluding hydrogens is 390 g/mol. The molecule has 0 bridgehead atoms. The maximum absolute atomic E-state index is 13.2. The molecular formula is C16H17F3NO6P-2. The number of amides is 1. The van der Waals surface area contributed by atoms with Crippen molar-refractivity contribution in [2.45, 2.75) is 50.6 Å². The van der Waals surface area contributed by atoms with E-state index in [0.29, 0.717) is 6.42 Å². The quantitative estimate of drug-likeness (QED) is 0.708. The number of rotatable bonds is 3. The SMILES string of the molecule is CC1(C)Oc2ccc(C(F)(F)F)cc2[C@@H](N2CCCC2=O)[C@@H]1OP(=O)([O-])[O-]. The molecule has 2 aliphatic heterocycles. The summed E-state index contributed by atoms with van der Waals surface area (Å²) in [6, 6.07) is 1.57. The van der Waals surface area contributed by atoms with Crippen LogP contribution >= 0.6 is 7.82 Å². The van der Waals surface area contributed by atoms with Crippen molar-refractivity contribution < 1.29 is 41.6 Å². The van der Waals surface area contributed by atoms with Gasteiger partial charge in [0, 0.05) is 18.5 Å². The van der Waals surface area contributed by atoms with Crippen LogP contribution in [0.2, 0.25) is 0 Å². The number of ether oxygens (including phenoxy) is 1. The zero-order chi connectivity index (χ0) is 20.2. The Morgan fingerprint density at radius 1 is 1.33 bits per heavy atom. The van der Waals surface area contributed by atoms with Crippen LogP contribution in [0.25, 0.3) is 0 Å². The summed E-state index contributed by atoms with van der Waals surface area (Å²) in [5.74, 6) is -0.287. The summed E-state index contributed by atoms with van der Waals surface area (Å²) >= 11 is 0. The highest BCUT2D eigenvalue weighted by Gasteiger charge is 2.50. The zero-order valence-corrected chi connectivity index (χ0v) is 15.4. The number of phosphoric acid groups is 1. The number of fused-ring (bicyclic) bond motifs is 1. The molecule has 1 aromatic rings. The van der Waals surface area contributed by atoms with Crippen LogP contribution in [0.5, 0.6) is 5.75 Å². The van der Waals surface area contributed by atoms with Gasteiger partial charge in [-0.15, -0.1) is 0 Å². The first-order valence-corrected chi connectivity index (χ1v) is 9.66. The molecule has 0 unspecified atom stereocenters. The predicted molar refractivity (Wildman–Crippen MR) is 82.3 cm³/mol. The summed E-state index contributed by atoms with van der Waals surface area (Å²) in [7, 11) is -5.51. The number of nitrogens with zero attached hydrogens (tertiary/aromatic N) is 1. The van der Waals surface area contributed by atoms with Gasteiger partial charge in [0.05, 0.1) is 19.4 Å². The summed E-state index contributed by atoms with van der Waals surface area (Å²) in [5, 5.41) is 0. The van der Waals surface area contributed by atoms with Crippen molar-refractivity contribution in [3.8, 4) is 5.75 Å². The summed E-state index contributed by atoms with van der Waals surface area (Å²) in [6.45, 7) is 3.10. The number of hydrogen-bond acceptors (Lipinski definition) is 6. The highest BCUT2D eigenvalue weighted by atomic mass is 31.2. The largest absolute Gasteiger partial charge is 0.790 e. The van der Waals surface area contributed by atoms with E-state index in [0.717, 1.165) is 18.2 Å². The van der Waals surface area contributed by atoms with E-state index in [-0.39, 0.29) is 30.2 Å². The standard InChI is InChI=1S/C16H19F3NO6P/c1-15(2)14(26-27(22,23)24)13(20-7-3-4-12(20)21)10-8-9(16(17,18)19)5-6-11(10)25-15/h5-6,8,13-14H,3-4,7H2,1-2H3,(H2,22,23,24)/p-2/t13-,14+/m1/s1. The first-order valence-electron chi connectivity index (χ1n) is 8.20. The fourth-order valence-electron chi connectivity index (χ4n) is 3.55. The minimum absolute atomic E-state index is 0.0437. The van der Waals surface area contributed by atoms with E-state index in [1.165, 1.54) is 18.7 Å². The third-order valence-corrected chi connectivity index (χ3v) is 5.17. The summed E-state index contributed by atoms with van der Waals surface area (Å²) in [4.78, 5) is 36.1. The highest BCUT2D eigenvalue weighted by Crippen LogP contribution is 2.50. The molecule has 0 N–H and O–H groups in total. The molecule has 3 rings (SSSR count). The second-order valence-electron chi connectivity index (χ2n) is 7.06. The fourth-order valence-corrected chi connectivity index (χ4v) is 4.20. The molecule has 150 valence electrons. The average Bonchev–Trinajstić information content (AvgIpc) is 2.91. The van der Waals surface area contributed by atoms with Gasteiger partial charge in [-0.1, -0.05) is 0 Å². The number of hydrogen-bond donors (Lipinski definition) is 0. The summed E-state index contributed by atoms with van der Waals surface area (Å²) < 4.78 is 61.1. The molecule has 2 aliphatic rings. The van der Waals surface area contributed by atoms with Crippen LogP contribution in [-0.2, 0) is 20.1 Å². The second-order valence-corrected chi connectivity index (χ2v) is 8.17. The van der Waals surface area contributed by atoms with E-state index in [9.17, 15) is 32.3 Å². The minimum Gasteiger partial charge on any atom is -0.790 e. The van der Waals surface area contributed by atoms with Crippen molar-refractivity contribution in [2.75, 3.05) is 6.54 Å². The lowest BCUT2D eigenvalue weighted by Gasteiger charge is -2.50. The molecule has 2 heterocycles. The van der Waals surface area contributed by atoms with Crippen molar-refractivity contribution in [3.63, 3.8) is 0 Å². The smallest absolute Gasteiger partial charge is 0.416 e. The topological polar surface area (TPSA) is 102 Å². The Morgan fingerprint density at radius 2 is 2.00 bits per heavy atom. The monoisotopic (exact) mass is 407 g/mol. The Morgan fingerprint density at radius 3 is 2.52 bits per heavy atom. The van der Waals surface area contributed by atoms with Crippen molar-refractivity contribution in [1.29, 1.82) is 0 Å². The molecule has 2 atom stereocenters. The van der Waals surface area contributed by atoms with Crippen LogP contribution in [0, 0.1) is 0 Å². The maximum atomic E-state index is 13.2. The van der Waals surface area contributed by atoms with Gasteiger partial charge in [0.15, 0.2) is 0 Å². The van der Waals surface area contributed by atoms with Gasteiger partial charge in [0.2, 0.25) is 5.91 Å². The number of likely N-dealkylation sites (tertiary alicyclic amines) is 1. The Kier molecular flexibility index (Phi) is 4.83. The van der Waals surface area contributed by atoms with Crippen LogP contribution < -0.4 is 14.5 Å². The first-order chi connectivity index (χ1) is 12.3. The normalized spacial score (nSPS) is 25.3. The number of phosphoric ester groups is 1. The molecule has 0 aromatic heterocycles. The predicted octanol–water partition coefficient (Wildman–Crippen LogP) is 1.75. The Hall–Kier alpha value is -1.61. The minimum atomic E-state index is -5.51. The van der Waals surface area contributed by atoms with Gasteiger partial charge in [-0.25, -0.2) is 0 Å². The average molecular weight is 407 g/mol. The fraction of sp³-hybridized carbons (Fsp3) is 0.562. The first kappa shape index (κ1) is 20.1. The van der Waals surface area contributed by atoms with Crippen LogP contribution in [0.4, 0.5) is 13.2 Å². The van der Waals surface area contributed by atoms with Gasteiger partial charge < -0.3 is 28.5 Å². The lowest BCUT2D eigenvalue weighted by molar-refractivity contribution is -0.349. The molecule has 1 aromatic carbocycles. The van der Waals surface area contributed by atoms with E-state index < -0.39 is 37.3 Å². The lowest BCUT2D eigenvalue weighted by Crippen LogP contribution is -2.55. The highest BCUT2D eigenvalue weighted by molar-refractivity contribution is 7.43. The second kappa shape index (κ2) is 6.48. The molecule has 0 aliphatic carbocycles. The number of halogens is 3. The lowest BCUT2D eigenvalue weighted by atomic mass is 9.85. The molecule has 7 nitrogen and oxygen atoms in total. The van der Waals surface area contributed by atoms with E-state index in [1.807, 2.05) is 0 Å². The van der Waals surface area contributed by atoms with E-state index in [4.69, 9.17) is 9.26 Å².